The molecule has 0 heterocycles. The summed E-state index contributed by atoms with van der Waals surface area (Å²) in [6, 6.07) is 0. The Labute approximate surface area is 87.4 Å². The van der Waals surface area contributed by atoms with Crippen molar-refractivity contribution in [2.75, 3.05) is 13.7 Å². The Kier molecular flexibility index (Phi) is 8.14. The van der Waals surface area contributed by atoms with Crippen LogP contribution in [0.1, 0.15) is 40.0 Å². The van der Waals surface area contributed by atoms with Crippen LogP contribution in [0.3, 0.4) is 0 Å². The fourth-order valence-electron chi connectivity index (χ4n) is 1.19. The van der Waals surface area contributed by atoms with Crippen LogP contribution in [0, 0.1) is 5.92 Å². The van der Waals surface area contributed by atoms with Crippen LogP contribution in [0.2, 0.25) is 0 Å². The molecule has 3 heteroatoms. The minimum absolute atomic E-state index is 0.0663. The van der Waals surface area contributed by atoms with Gasteiger partial charge in [-0.3, -0.25) is 0 Å². The van der Waals surface area contributed by atoms with E-state index >= 15 is 0 Å². The van der Waals surface area contributed by atoms with Crippen LogP contribution in [0.5, 0.6) is 0 Å². The Morgan fingerprint density at radius 3 is 2.21 bits per heavy atom. The first kappa shape index (κ1) is 13.9. The number of hydrogen-bond donors (Lipinski definition) is 1. The molecule has 86 valence electrons. The fraction of sp³-hybridized carbons (Fsp3) is 1.00. The van der Waals surface area contributed by atoms with Crippen LogP contribution < -0.4 is 0 Å². The number of ether oxygens (including phenoxy) is 2. The predicted octanol–water partition coefficient (Wildman–Crippen LogP) is 2.18. The van der Waals surface area contributed by atoms with Crippen molar-refractivity contribution in [3.05, 3.63) is 0 Å². The molecule has 0 fully saturated rings. The quantitative estimate of drug-likeness (QED) is 0.616. The second-order valence-corrected chi connectivity index (χ2v) is 3.76. The fourth-order valence-corrected chi connectivity index (χ4v) is 1.19. The molecule has 3 atom stereocenters. The third-order valence-corrected chi connectivity index (χ3v) is 2.56. The molecule has 0 aliphatic carbocycles. The second-order valence-electron chi connectivity index (χ2n) is 3.76. The summed E-state index contributed by atoms with van der Waals surface area (Å²) in [7, 11) is 1.65. The summed E-state index contributed by atoms with van der Waals surface area (Å²) in [5.41, 5.74) is 0. The largest absolute Gasteiger partial charge is 0.394 e. The van der Waals surface area contributed by atoms with E-state index in [4.69, 9.17) is 14.6 Å². The zero-order chi connectivity index (χ0) is 11.0. The molecule has 0 rings (SSSR count). The lowest BCUT2D eigenvalue weighted by Crippen LogP contribution is -2.27. The molecule has 0 bridgehead atoms. The molecule has 14 heavy (non-hydrogen) atoms. The first-order chi connectivity index (χ1) is 6.67. The Hall–Kier alpha value is -0.120. The molecule has 3 nitrogen and oxygen atoms in total. The Morgan fingerprint density at radius 1 is 1.21 bits per heavy atom. The van der Waals surface area contributed by atoms with Gasteiger partial charge in [0, 0.05) is 13.5 Å². The standard InChI is InChI=1S/C11H24O3/c1-5-9(3)7-11(13-4)14-10(6-2)8-12/h9-12H,5-8H2,1-4H3. The molecule has 1 N–H and O–H groups in total. The minimum atomic E-state index is -0.179. The van der Waals surface area contributed by atoms with Crippen LogP contribution in [-0.4, -0.2) is 31.2 Å². The third kappa shape index (κ3) is 5.58. The van der Waals surface area contributed by atoms with Crippen LogP contribution in [0.4, 0.5) is 0 Å². The molecular formula is C11H24O3. The monoisotopic (exact) mass is 204 g/mol. The van der Waals surface area contributed by atoms with Crippen molar-refractivity contribution in [1.82, 2.24) is 0 Å². The minimum Gasteiger partial charge on any atom is -0.394 e. The lowest BCUT2D eigenvalue weighted by Gasteiger charge is -2.23. The predicted molar refractivity (Wildman–Crippen MR) is 57.1 cm³/mol. The average molecular weight is 204 g/mol. The topological polar surface area (TPSA) is 38.7 Å². The highest BCUT2D eigenvalue weighted by atomic mass is 16.7. The molecule has 0 saturated carbocycles. The van der Waals surface area contributed by atoms with E-state index in [2.05, 4.69) is 13.8 Å². The van der Waals surface area contributed by atoms with Crippen LogP contribution in [0.15, 0.2) is 0 Å². The number of hydrogen-bond acceptors (Lipinski definition) is 3. The summed E-state index contributed by atoms with van der Waals surface area (Å²) in [5, 5.41) is 8.98. The summed E-state index contributed by atoms with van der Waals surface area (Å²) in [6.45, 7) is 6.39. The molecular weight excluding hydrogens is 180 g/mol. The van der Waals surface area contributed by atoms with E-state index in [0.29, 0.717) is 5.92 Å². The van der Waals surface area contributed by atoms with Crippen molar-refractivity contribution < 1.29 is 14.6 Å². The van der Waals surface area contributed by atoms with Crippen molar-refractivity contribution in [1.29, 1.82) is 0 Å². The van der Waals surface area contributed by atoms with E-state index in [1.807, 2.05) is 6.92 Å². The summed E-state index contributed by atoms with van der Waals surface area (Å²) in [6.07, 6.45) is 2.56. The molecule has 0 aromatic rings. The van der Waals surface area contributed by atoms with Crippen LogP contribution in [0.25, 0.3) is 0 Å². The third-order valence-electron chi connectivity index (χ3n) is 2.56. The molecule has 0 aliphatic heterocycles. The zero-order valence-corrected chi connectivity index (χ0v) is 9.82. The van der Waals surface area contributed by atoms with E-state index in [-0.39, 0.29) is 19.0 Å². The summed E-state index contributed by atoms with van der Waals surface area (Å²) in [4.78, 5) is 0. The first-order valence-electron chi connectivity index (χ1n) is 5.46. The van der Waals surface area contributed by atoms with Gasteiger partial charge in [0.15, 0.2) is 6.29 Å². The Balaban J connectivity index is 3.88. The maximum absolute atomic E-state index is 8.98. The molecule has 0 radical (unpaired) electrons. The maximum atomic E-state index is 8.98. The maximum Gasteiger partial charge on any atom is 0.157 e. The molecule has 0 spiro atoms. The van der Waals surface area contributed by atoms with Gasteiger partial charge in [0.1, 0.15) is 0 Å². The first-order valence-corrected chi connectivity index (χ1v) is 5.46. The number of aliphatic hydroxyl groups excluding tert-OH is 1. The Bertz CT molecular complexity index is 124. The van der Waals surface area contributed by atoms with Gasteiger partial charge in [0.05, 0.1) is 12.7 Å². The smallest absolute Gasteiger partial charge is 0.157 e. The Morgan fingerprint density at radius 2 is 1.86 bits per heavy atom. The molecule has 0 aromatic heterocycles. The highest BCUT2D eigenvalue weighted by Crippen LogP contribution is 2.15. The summed E-state index contributed by atoms with van der Waals surface area (Å²) >= 11 is 0. The van der Waals surface area contributed by atoms with Gasteiger partial charge in [-0.2, -0.15) is 0 Å². The van der Waals surface area contributed by atoms with Crippen LogP contribution in [-0.2, 0) is 9.47 Å². The van der Waals surface area contributed by atoms with E-state index < -0.39 is 0 Å². The van der Waals surface area contributed by atoms with Gasteiger partial charge in [0.25, 0.3) is 0 Å². The van der Waals surface area contributed by atoms with Crippen molar-refractivity contribution in [2.24, 2.45) is 5.92 Å². The van der Waals surface area contributed by atoms with E-state index in [0.717, 1.165) is 19.3 Å². The summed E-state index contributed by atoms with van der Waals surface area (Å²) < 4.78 is 10.8. The van der Waals surface area contributed by atoms with Gasteiger partial charge >= 0.3 is 0 Å². The number of methoxy groups -OCH3 is 1. The zero-order valence-electron chi connectivity index (χ0n) is 9.82. The van der Waals surface area contributed by atoms with Crippen molar-refractivity contribution in [2.45, 2.75) is 52.4 Å². The number of rotatable bonds is 8. The SMILES string of the molecule is CCC(C)CC(OC)OC(CC)CO. The van der Waals surface area contributed by atoms with Gasteiger partial charge in [-0.1, -0.05) is 27.2 Å². The van der Waals surface area contributed by atoms with Gasteiger partial charge in [-0.15, -0.1) is 0 Å². The van der Waals surface area contributed by atoms with Crippen LogP contribution >= 0.6 is 0 Å². The van der Waals surface area contributed by atoms with Gasteiger partial charge in [-0.25, -0.2) is 0 Å². The average Bonchev–Trinajstić information content (AvgIpc) is 2.23. The van der Waals surface area contributed by atoms with E-state index in [9.17, 15) is 0 Å². The van der Waals surface area contributed by atoms with Crippen molar-refractivity contribution >= 4 is 0 Å². The van der Waals surface area contributed by atoms with E-state index in [1.54, 1.807) is 7.11 Å². The lowest BCUT2D eigenvalue weighted by molar-refractivity contribution is -0.172. The molecule has 0 aliphatic rings. The second kappa shape index (κ2) is 8.21. The summed E-state index contributed by atoms with van der Waals surface area (Å²) in [5.74, 6) is 0.594. The molecule has 0 aromatic carbocycles. The highest BCUT2D eigenvalue weighted by Gasteiger charge is 2.16. The molecule has 0 saturated heterocycles. The number of aliphatic hydroxyl groups is 1. The van der Waals surface area contributed by atoms with E-state index in [1.165, 1.54) is 0 Å². The van der Waals surface area contributed by atoms with Gasteiger partial charge in [-0.05, 0) is 12.3 Å². The lowest BCUT2D eigenvalue weighted by atomic mass is 10.1. The molecule has 0 amide bonds. The molecule has 3 unspecified atom stereocenters. The van der Waals surface area contributed by atoms with Gasteiger partial charge < -0.3 is 14.6 Å². The van der Waals surface area contributed by atoms with Crippen molar-refractivity contribution in [3.63, 3.8) is 0 Å². The highest BCUT2D eigenvalue weighted by molar-refractivity contribution is 4.58. The van der Waals surface area contributed by atoms with Gasteiger partial charge in [0.2, 0.25) is 0 Å². The van der Waals surface area contributed by atoms with Crippen molar-refractivity contribution in [3.8, 4) is 0 Å². The normalized spacial score (nSPS) is 17.8.